The lowest BCUT2D eigenvalue weighted by molar-refractivity contribution is -0.275. The van der Waals surface area contributed by atoms with Crippen molar-refractivity contribution in [3.63, 3.8) is 0 Å². The maximum absolute atomic E-state index is 11.7. The first-order valence-electron chi connectivity index (χ1n) is 3.43. The molecule has 4 nitrogen and oxygen atoms in total. The van der Waals surface area contributed by atoms with E-state index in [0.717, 1.165) is 12.1 Å². The second-order valence-electron chi connectivity index (χ2n) is 2.50. The van der Waals surface area contributed by atoms with Crippen molar-refractivity contribution >= 4 is 11.4 Å². The molecule has 0 spiro atoms. The molecular formula is C7H7F3N2O2. The number of halogens is 3. The van der Waals surface area contributed by atoms with Crippen molar-refractivity contribution in [2.75, 3.05) is 11.5 Å². The van der Waals surface area contributed by atoms with Crippen molar-refractivity contribution in [2.45, 2.75) is 6.36 Å². The Kier molecular flexibility index (Phi) is 2.33. The van der Waals surface area contributed by atoms with Crippen molar-refractivity contribution in [1.29, 1.82) is 0 Å². The maximum Gasteiger partial charge on any atom is 0.573 e. The smallest absolute Gasteiger partial charge is 0.504 e. The molecule has 0 saturated heterocycles. The fraction of sp³-hybridized carbons (Fsp3) is 0.143. The summed E-state index contributed by atoms with van der Waals surface area (Å²) in [4.78, 5) is 0. The van der Waals surface area contributed by atoms with Gasteiger partial charge in [-0.05, 0) is 0 Å². The Bertz CT molecular complexity index is 352. The van der Waals surface area contributed by atoms with E-state index in [4.69, 9.17) is 16.6 Å². The topological polar surface area (TPSA) is 81.5 Å². The van der Waals surface area contributed by atoms with Gasteiger partial charge in [0.1, 0.15) is 0 Å². The highest BCUT2D eigenvalue weighted by molar-refractivity contribution is 5.69. The minimum absolute atomic E-state index is 0.0166. The van der Waals surface area contributed by atoms with Crippen LogP contribution in [0.4, 0.5) is 24.5 Å². The number of phenolic OH excluding ortho intramolecular Hbond substituents is 1. The van der Waals surface area contributed by atoms with Crippen molar-refractivity contribution < 1.29 is 23.0 Å². The third-order valence-corrected chi connectivity index (χ3v) is 1.39. The molecule has 0 aliphatic carbocycles. The van der Waals surface area contributed by atoms with Crippen LogP contribution in [0, 0.1) is 0 Å². The molecule has 14 heavy (non-hydrogen) atoms. The molecule has 78 valence electrons. The molecule has 5 N–H and O–H groups in total. The van der Waals surface area contributed by atoms with Gasteiger partial charge in [-0.25, -0.2) is 0 Å². The molecule has 0 unspecified atom stereocenters. The fourth-order valence-corrected chi connectivity index (χ4v) is 0.807. The molecule has 0 radical (unpaired) electrons. The molecule has 0 aliphatic heterocycles. The van der Waals surface area contributed by atoms with Crippen molar-refractivity contribution in [3.8, 4) is 11.5 Å². The number of hydrogen-bond donors (Lipinski definition) is 3. The zero-order valence-electron chi connectivity index (χ0n) is 6.80. The summed E-state index contributed by atoms with van der Waals surface area (Å²) in [6.45, 7) is 0. The zero-order valence-corrected chi connectivity index (χ0v) is 6.80. The number of alkyl halides is 3. The van der Waals surface area contributed by atoms with Crippen LogP contribution in [0.25, 0.3) is 0 Å². The van der Waals surface area contributed by atoms with E-state index in [0.29, 0.717) is 0 Å². The van der Waals surface area contributed by atoms with Crippen LogP contribution < -0.4 is 16.2 Å². The largest absolute Gasteiger partial charge is 0.573 e. The van der Waals surface area contributed by atoms with Crippen LogP contribution in [-0.2, 0) is 0 Å². The van der Waals surface area contributed by atoms with Gasteiger partial charge >= 0.3 is 6.36 Å². The number of aromatic hydroxyl groups is 1. The van der Waals surface area contributed by atoms with E-state index in [9.17, 15) is 13.2 Å². The molecule has 1 aromatic carbocycles. The average Bonchev–Trinajstić information content (AvgIpc) is 1.97. The van der Waals surface area contributed by atoms with E-state index in [1.807, 2.05) is 0 Å². The fourth-order valence-electron chi connectivity index (χ4n) is 0.807. The Labute approximate surface area is 76.9 Å². The van der Waals surface area contributed by atoms with Crippen LogP contribution in [0.2, 0.25) is 0 Å². The maximum atomic E-state index is 11.7. The Hall–Kier alpha value is -1.79. The number of anilines is 2. The van der Waals surface area contributed by atoms with Gasteiger partial charge in [0, 0.05) is 12.1 Å². The Morgan fingerprint density at radius 1 is 1.14 bits per heavy atom. The van der Waals surface area contributed by atoms with Crippen molar-refractivity contribution in [3.05, 3.63) is 12.1 Å². The van der Waals surface area contributed by atoms with Gasteiger partial charge in [0.25, 0.3) is 0 Å². The molecule has 0 aromatic heterocycles. The third kappa shape index (κ3) is 2.35. The lowest BCUT2D eigenvalue weighted by Gasteiger charge is -2.11. The van der Waals surface area contributed by atoms with E-state index in [-0.39, 0.29) is 11.4 Å². The number of nitrogens with two attached hydrogens (primary N) is 2. The Morgan fingerprint density at radius 2 is 1.64 bits per heavy atom. The van der Waals surface area contributed by atoms with E-state index >= 15 is 0 Å². The minimum Gasteiger partial charge on any atom is -0.504 e. The second-order valence-corrected chi connectivity index (χ2v) is 2.50. The molecule has 0 fully saturated rings. The van der Waals surface area contributed by atoms with E-state index in [1.54, 1.807) is 0 Å². The first-order valence-corrected chi connectivity index (χ1v) is 3.43. The Balaban J connectivity index is 3.04. The predicted octanol–water partition coefficient (Wildman–Crippen LogP) is 1.46. The zero-order chi connectivity index (χ0) is 10.9. The van der Waals surface area contributed by atoms with Gasteiger partial charge in [-0.3, -0.25) is 0 Å². The summed E-state index contributed by atoms with van der Waals surface area (Å²) >= 11 is 0. The van der Waals surface area contributed by atoms with Gasteiger partial charge in [-0.1, -0.05) is 0 Å². The van der Waals surface area contributed by atoms with E-state index < -0.39 is 17.9 Å². The first-order chi connectivity index (χ1) is 6.29. The van der Waals surface area contributed by atoms with E-state index in [1.165, 1.54) is 0 Å². The number of phenols is 1. The summed E-state index contributed by atoms with van der Waals surface area (Å²) < 4.78 is 38.7. The molecule has 0 amide bonds. The monoisotopic (exact) mass is 208 g/mol. The molecule has 0 saturated carbocycles. The molecular weight excluding hydrogens is 201 g/mol. The third-order valence-electron chi connectivity index (χ3n) is 1.39. The SMILES string of the molecule is Nc1cc(O)c(OC(F)(F)F)cc1N. The van der Waals surface area contributed by atoms with Crippen LogP contribution in [0.3, 0.4) is 0 Å². The van der Waals surface area contributed by atoms with Gasteiger partial charge in [-0.2, -0.15) is 0 Å². The number of ether oxygens (including phenoxy) is 1. The number of rotatable bonds is 1. The van der Waals surface area contributed by atoms with Crippen LogP contribution in [0.15, 0.2) is 12.1 Å². The van der Waals surface area contributed by atoms with Gasteiger partial charge in [0.2, 0.25) is 0 Å². The number of hydrogen-bond acceptors (Lipinski definition) is 4. The molecule has 0 bridgehead atoms. The molecule has 1 aromatic rings. The van der Waals surface area contributed by atoms with Crippen LogP contribution >= 0.6 is 0 Å². The summed E-state index contributed by atoms with van der Waals surface area (Å²) in [6.07, 6.45) is -4.87. The lowest BCUT2D eigenvalue weighted by atomic mass is 10.2. The molecule has 0 heterocycles. The Morgan fingerprint density at radius 3 is 2.14 bits per heavy atom. The van der Waals surface area contributed by atoms with Gasteiger partial charge in [-0.15, -0.1) is 13.2 Å². The molecule has 0 aliphatic rings. The second kappa shape index (κ2) is 3.17. The highest BCUT2D eigenvalue weighted by Gasteiger charge is 2.32. The number of nitrogen functional groups attached to an aromatic ring is 2. The quantitative estimate of drug-likeness (QED) is 0.482. The average molecular weight is 208 g/mol. The van der Waals surface area contributed by atoms with Crippen LogP contribution in [0.1, 0.15) is 0 Å². The van der Waals surface area contributed by atoms with Crippen LogP contribution in [0.5, 0.6) is 11.5 Å². The predicted molar refractivity (Wildman–Crippen MR) is 43.6 cm³/mol. The van der Waals surface area contributed by atoms with Crippen molar-refractivity contribution in [2.24, 2.45) is 0 Å². The van der Waals surface area contributed by atoms with Gasteiger partial charge in [0.05, 0.1) is 11.4 Å². The summed E-state index contributed by atoms with van der Waals surface area (Å²) in [7, 11) is 0. The molecule has 7 heteroatoms. The lowest BCUT2D eigenvalue weighted by Crippen LogP contribution is -2.17. The highest BCUT2D eigenvalue weighted by atomic mass is 19.4. The summed E-state index contributed by atoms with van der Waals surface area (Å²) in [6, 6.07) is 1.69. The normalized spacial score (nSPS) is 11.4. The minimum atomic E-state index is -4.87. The summed E-state index contributed by atoms with van der Waals surface area (Å²) in [5.41, 5.74) is 10.3. The van der Waals surface area contributed by atoms with E-state index in [2.05, 4.69) is 4.74 Å². The highest BCUT2D eigenvalue weighted by Crippen LogP contribution is 2.35. The molecule has 1 rings (SSSR count). The summed E-state index contributed by atoms with van der Waals surface area (Å²) in [5.74, 6) is -1.49. The first kappa shape index (κ1) is 10.3. The van der Waals surface area contributed by atoms with Crippen molar-refractivity contribution in [1.82, 2.24) is 0 Å². The molecule has 0 atom stereocenters. The number of benzene rings is 1. The summed E-state index contributed by atoms with van der Waals surface area (Å²) in [5, 5.41) is 9.02. The van der Waals surface area contributed by atoms with Gasteiger partial charge in [0.15, 0.2) is 11.5 Å². The van der Waals surface area contributed by atoms with Crippen LogP contribution in [-0.4, -0.2) is 11.5 Å². The van der Waals surface area contributed by atoms with Gasteiger partial charge < -0.3 is 21.3 Å². The standard InChI is InChI=1S/C7H7F3N2O2/c8-7(9,10)14-6-2-4(12)3(11)1-5(6)13/h1-2,13H,11-12H2.